The number of nitrogens with zero attached hydrogens (tertiary/aromatic N) is 3. The second kappa shape index (κ2) is 6.82. The van der Waals surface area contributed by atoms with Crippen LogP contribution in [0.1, 0.15) is 21.5 Å². The van der Waals surface area contributed by atoms with Gasteiger partial charge >= 0.3 is 0 Å². The first-order valence-corrected chi connectivity index (χ1v) is 9.42. The molecule has 2 heterocycles. The molecule has 1 aromatic heterocycles. The van der Waals surface area contributed by atoms with Crippen molar-refractivity contribution in [2.75, 3.05) is 32.0 Å². The Morgan fingerprint density at radius 3 is 2.46 bits per heavy atom. The largest absolute Gasteiger partial charge is 0.379 e. The summed E-state index contributed by atoms with van der Waals surface area (Å²) in [6, 6.07) is 15.5. The van der Waals surface area contributed by atoms with Crippen molar-refractivity contribution in [3.05, 3.63) is 65.2 Å². The molecule has 0 unspecified atom stereocenters. The van der Waals surface area contributed by atoms with Crippen molar-refractivity contribution in [3.8, 4) is 22.5 Å². The number of morpholine rings is 1. The summed E-state index contributed by atoms with van der Waals surface area (Å²) in [4.78, 5) is 24.5. The zero-order valence-corrected chi connectivity index (χ0v) is 15.4. The van der Waals surface area contributed by atoms with Gasteiger partial charge in [-0.05, 0) is 5.56 Å². The predicted octanol–water partition coefficient (Wildman–Crippen LogP) is 2.77. The highest BCUT2D eigenvalue weighted by atomic mass is 16.5. The van der Waals surface area contributed by atoms with Crippen molar-refractivity contribution in [3.63, 3.8) is 0 Å². The number of carbonyl (C=O) groups excluding carboxylic acids is 1. The average molecular weight is 372 g/mol. The number of hydrogen-bond donors (Lipinski definition) is 1. The van der Waals surface area contributed by atoms with Gasteiger partial charge in [0.2, 0.25) is 5.95 Å². The number of ketones is 1. The standard InChI is InChI=1S/C22H20N4O2/c23-22-24-19(14-5-2-1-3-6-14)18-20(25-22)17-15(7-4-8-16(17)21(18)27)13-26-9-11-28-12-10-26/h1-8H,9-13H2,(H2,23,24,25). The fraction of sp³-hybridized carbons (Fsp3) is 0.227. The van der Waals surface area contributed by atoms with Gasteiger partial charge in [0.25, 0.3) is 0 Å². The zero-order chi connectivity index (χ0) is 19.1. The van der Waals surface area contributed by atoms with E-state index in [1.165, 1.54) is 0 Å². The Balaban J connectivity index is 1.66. The molecule has 0 bridgehead atoms. The van der Waals surface area contributed by atoms with Gasteiger partial charge < -0.3 is 10.5 Å². The van der Waals surface area contributed by atoms with E-state index in [0.717, 1.165) is 49.5 Å². The van der Waals surface area contributed by atoms with E-state index in [2.05, 4.69) is 20.9 Å². The molecule has 0 saturated carbocycles. The second-order valence-electron chi connectivity index (χ2n) is 7.08. The summed E-state index contributed by atoms with van der Waals surface area (Å²) in [6.07, 6.45) is 0. The third kappa shape index (κ3) is 2.78. The maximum Gasteiger partial charge on any atom is 0.221 e. The average Bonchev–Trinajstić information content (AvgIpc) is 3.02. The van der Waals surface area contributed by atoms with Gasteiger partial charge in [0.15, 0.2) is 5.78 Å². The van der Waals surface area contributed by atoms with Gasteiger partial charge in [0.1, 0.15) is 0 Å². The van der Waals surface area contributed by atoms with Crippen LogP contribution in [0, 0.1) is 0 Å². The molecular formula is C22H20N4O2. The zero-order valence-electron chi connectivity index (χ0n) is 15.4. The summed E-state index contributed by atoms with van der Waals surface area (Å²) in [7, 11) is 0. The number of nitrogens with two attached hydrogens (primary N) is 1. The van der Waals surface area contributed by atoms with Gasteiger partial charge in [-0.3, -0.25) is 9.69 Å². The monoisotopic (exact) mass is 372 g/mol. The summed E-state index contributed by atoms with van der Waals surface area (Å²) < 4.78 is 5.45. The van der Waals surface area contributed by atoms with Gasteiger partial charge in [-0.1, -0.05) is 48.5 Å². The lowest BCUT2D eigenvalue weighted by molar-refractivity contribution is 0.0342. The van der Waals surface area contributed by atoms with Gasteiger partial charge in [-0.15, -0.1) is 0 Å². The highest BCUT2D eigenvalue weighted by Crippen LogP contribution is 2.42. The van der Waals surface area contributed by atoms with E-state index in [0.29, 0.717) is 22.5 Å². The van der Waals surface area contributed by atoms with Gasteiger partial charge in [0, 0.05) is 36.3 Å². The molecule has 6 nitrogen and oxygen atoms in total. The molecule has 6 heteroatoms. The lowest BCUT2D eigenvalue weighted by atomic mass is 10.0. The summed E-state index contributed by atoms with van der Waals surface area (Å²) in [5.74, 6) is 0.145. The van der Waals surface area contributed by atoms with Gasteiger partial charge in [-0.2, -0.15) is 0 Å². The van der Waals surface area contributed by atoms with Crippen molar-refractivity contribution >= 4 is 11.7 Å². The highest BCUT2D eigenvalue weighted by molar-refractivity contribution is 6.24. The molecule has 0 spiro atoms. The minimum Gasteiger partial charge on any atom is -0.379 e. The van der Waals surface area contributed by atoms with Crippen LogP contribution in [0.4, 0.5) is 5.95 Å². The van der Waals surface area contributed by atoms with Crippen LogP contribution >= 0.6 is 0 Å². The molecule has 1 aliphatic heterocycles. The van der Waals surface area contributed by atoms with E-state index >= 15 is 0 Å². The van der Waals surface area contributed by atoms with Crippen LogP contribution < -0.4 is 5.73 Å². The molecule has 140 valence electrons. The second-order valence-corrected chi connectivity index (χ2v) is 7.08. The Morgan fingerprint density at radius 1 is 0.929 bits per heavy atom. The molecule has 2 aliphatic rings. The number of rotatable bonds is 3. The number of nitrogen functional groups attached to an aromatic ring is 1. The Hall–Kier alpha value is -3.09. The minimum atomic E-state index is -0.0346. The molecule has 1 aliphatic carbocycles. The minimum absolute atomic E-state index is 0.0346. The number of aromatic nitrogens is 2. The van der Waals surface area contributed by atoms with E-state index in [-0.39, 0.29) is 11.7 Å². The molecule has 1 fully saturated rings. The first kappa shape index (κ1) is 17.0. The van der Waals surface area contributed by atoms with Gasteiger partial charge in [0.05, 0.1) is 30.2 Å². The van der Waals surface area contributed by atoms with Crippen LogP contribution in [0.3, 0.4) is 0 Å². The Bertz CT molecular complexity index is 1060. The van der Waals surface area contributed by atoms with Crippen LogP contribution in [-0.4, -0.2) is 47.0 Å². The maximum atomic E-state index is 13.3. The Kier molecular flexibility index (Phi) is 4.15. The van der Waals surface area contributed by atoms with Crippen molar-refractivity contribution < 1.29 is 9.53 Å². The lowest BCUT2D eigenvalue weighted by Crippen LogP contribution is -2.35. The molecule has 1 saturated heterocycles. The topological polar surface area (TPSA) is 81.3 Å². The number of benzene rings is 2. The Morgan fingerprint density at radius 2 is 1.68 bits per heavy atom. The first-order chi connectivity index (χ1) is 13.7. The van der Waals surface area contributed by atoms with E-state index < -0.39 is 0 Å². The normalized spacial score (nSPS) is 16.1. The number of carbonyl (C=O) groups is 1. The molecule has 0 atom stereocenters. The van der Waals surface area contributed by atoms with Crippen molar-refractivity contribution in [2.45, 2.75) is 6.54 Å². The van der Waals surface area contributed by atoms with Crippen LogP contribution in [0.5, 0.6) is 0 Å². The lowest BCUT2D eigenvalue weighted by Gasteiger charge is -2.27. The molecule has 0 radical (unpaired) electrons. The fourth-order valence-electron chi connectivity index (χ4n) is 4.01. The van der Waals surface area contributed by atoms with Crippen LogP contribution in [-0.2, 0) is 11.3 Å². The highest BCUT2D eigenvalue weighted by Gasteiger charge is 2.34. The first-order valence-electron chi connectivity index (χ1n) is 9.42. The van der Waals surface area contributed by atoms with E-state index in [4.69, 9.17) is 10.5 Å². The number of fused-ring (bicyclic) bond motifs is 3. The third-order valence-electron chi connectivity index (χ3n) is 5.33. The van der Waals surface area contributed by atoms with Crippen molar-refractivity contribution in [2.24, 2.45) is 0 Å². The van der Waals surface area contributed by atoms with E-state index in [9.17, 15) is 4.79 Å². The van der Waals surface area contributed by atoms with Crippen molar-refractivity contribution in [1.29, 1.82) is 0 Å². The van der Waals surface area contributed by atoms with Crippen LogP contribution in [0.2, 0.25) is 0 Å². The fourth-order valence-corrected chi connectivity index (χ4v) is 4.01. The predicted molar refractivity (Wildman–Crippen MR) is 107 cm³/mol. The molecule has 2 aromatic carbocycles. The van der Waals surface area contributed by atoms with E-state index in [1.54, 1.807) is 0 Å². The molecule has 0 amide bonds. The maximum absolute atomic E-state index is 13.3. The summed E-state index contributed by atoms with van der Waals surface area (Å²) >= 11 is 0. The van der Waals surface area contributed by atoms with Crippen LogP contribution in [0.25, 0.3) is 22.5 Å². The molecular weight excluding hydrogens is 352 g/mol. The quantitative estimate of drug-likeness (QED) is 0.596. The third-order valence-corrected chi connectivity index (χ3v) is 5.33. The molecule has 3 aromatic rings. The smallest absolute Gasteiger partial charge is 0.221 e. The summed E-state index contributed by atoms with van der Waals surface area (Å²) in [6.45, 7) is 3.98. The van der Waals surface area contributed by atoms with Crippen LogP contribution in [0.15, 0.2) is 48.5 Å². The Labute approximate surface area is 163 Å². The van der Waals surface area contributed by atoms with Gasteiger partial charge in [-0.25, -0.2) is 9.97 Å². The number of hydrogen-bond acceptors (Lipinski definition) is 6. The number of anilines is 1. The molecule has 5 rings (SSSR count). The number of ether oxygens (including phenoxy) is 1. The van der Waals surface area contributed by atoms with Crippen molar-refractivity contribution in [1.82, 2.24) is 14.9 Å². The van der Waals surface area contributed by atoms with E-state index in [1.807, 2.05) is 42.5 Å². The summed E-state index contributed by atoms with van der Waals surface area (Å²) in [5.41, 5.74) is 11.4. The summed E-state index contributed by atoms with van der Waals surface area (Å²) in [5, 5.41) is 0. The SMILES string of the molecule is Nc1nc(-c2ccccc2)c2c(n1)-c1c(CN3CCOCC3)cccc1C2=O. The molecule has 28 heavy (non-hydrogen) atoms. The molecule has 2 N–H and O–H groups in total.